The Labute approximate surface area is 127 Å². The summed E-state index contributed by atoms with van der Waals surface area (Å²) in [4.78, 5) is 23.4. The van der Waals surface area contributed by atoms with E-state index in [-0.39, 0.29) is 6.42 Å². The predicted octanol–water partition coefficient (Wildman–Crippen LogP) is 2.83. The molecule has 0 unspecified atom stereocenters. The maximum atomic E-state index is 10.9. The second kappa shape index (κ2) is 6.13. The van der Waals surface area contributed by atoms with E-state index in [2.05, 4.69) is 15.0 Å². The molecule has 0 aliphatic rings. The van der Waals surface area contributed by atoms with E-state index in [1.807, 2.05) is 30.3 Å². The van der Waals surface area contributed by atoms with Crippen molar-refractivity contribution < 1.29 is 9.90 Å². The topological polar surface area (TPSA) is 76.0 Å². The minimum atomic E-state index is -0.876. The average molecular weight is 291 g/mol. The van der Waals surface area contributed by atoms with Crippen LogP contribution >= 0.6 is 0 Å². The molecule has 0 atom stereocenters. The minimum Gasteiger partial charge on any atom is -0.481 e. The molecule has 0 amide bonds. The van der Waals surface area contributed by atoms with Crippen LogP contribution in [0.25, 0.3) is 22.4 Å². The summed E-state index contributed by atoms with van der Waals surface area (Å²) in [7, 11) is 0. The number of aromatic nitrogens is 3. The minimum absolute atomic E-state index is 0.0539. The average Bonchev–Trinajstić information content (AvgIpc) is 2.56. The van der Waals surface area contributed by atoms with Gasteiger partial charge in [-0.05, 0) is 41.5 Å². The van der Waals surface area contributed by atoms with Crippen LogP contribution in [0.4, 0.5) is 0 Å². The van der Waals surface area contributed by atoms with Crippen molar-refractivity contribution in [1.82, 2.24) is 15.0 Å². The maximum absolute atomic E-state index is 10.9. The fraction of sp³-hybridized carbons (Fsp3) is 0.0588. The van der Waals surface area contributed by atoms with Gasteiger partial charge in [-0.25, -0.2) is 0 Å². The van der Waals surface area contributed by atoms with Crippen LogP contribution < -0.4 is 0 Å². The van der Waals surface area contributed by atoms with Gasteiger partial charge in [0.05, 0.1) is 12.1 Å². The van der Waals surface area contributed by atoms with Crippen molar-refractivity contribution in [2.45, 2.75) is 6.42 Å². The lowest BCUT2D eigenvalue weighted by Gasteiger charge is -2.10. The van der Waals surface area contributed by atoms with Gasteiger partial charge in [-0.3, -0.25) is 19.7 Å². The van der Waals surface area contributed by atoms with E-state index in [9.17, 15) is 4.79 Å². The van der Waals surface area contributed by atoms with Gasteiger partial charge >= 0.3 is 5.97 Å². The highest BCUT2D eigenvalue weighted by molar-refractivity contribution is 5.81. The van der Waals surface area contributed by atoms with Crippen LogP contribution in [0.3, 0.4) is 0 Å². The number of aliphatic carboxylic acids is 1. The molecular formula is C17H13N3O2. The largest absolute Gasteiger partial charge is 0.481 e. The number of hydrogen-bond donors (Lipinski definition) is 1. The molecule has 108 valence electrons. The molecule has 3 aromatic rings. The predicted molar refractivity (Wildman–Crippen MR) is 82.0 cm³/mol. The second-order valence-corrected chi connectivity index (χ2v) is 4.78. The van der Waals surface area contributed by atoms with Gasteiger partial charge in [0, 0.05) is 42.1 Å². The van der Waals surface area contributed by atoms with Gasteiger partial charge in [-0.15, -0.1) is 0 Å². The fourth-order valence-corrected chi connectivity index (χ4v) is 2.27. The van der Waals surface area contributed by atoms with Crippen LogP contribution in [-0.4, -0.2) is 26.0 Å². The third-order valence-electron chi connectivity index (χ3n) is 3.24. The SMILES string of the molecule is O=C(O)Cc1cnc(-c2ccncc2)c(-c2ccncc2)c1. The summed E-state index contributed by atoms with van der Waals surface area (Å²) in [6, 6.07) is 9.39. The van der Waals surface area contributed by atoms with E-state index in [1.165, 1.54) is 0 Å². The first-order valence-electron chi connectivity index (χ1n) is 6.75. The normalized spacial score (nSPS) is 10.4. The van der Waals surface area contributed by atoms with E-state index < -0.39 is 5.97 Å². The first-order valence-corrected chi connectivity index (χ1v) is 6.75. The number of carbonyl (C=O) groups is 1. The third-order valence-corrected chi connectivity index (χ3v) is 3.24. The number of carboxylic acid groups (broad SMARTS) is 1. The lowest BCUT2D eigenvalue weighted by molar-refractivity contribution is -0.136. The molecule has 0 bridgehead atoms. The summed E-state index contributed by atoms with van der Waals surface area (Å²) in [5.74, 6) is -0.876. The molecule has 0 aromatic carbocycles. The lowest BCUT2D eigenvalue weighted by atomic mass is 9.98. The zero-order valence-electron chi connectivity index (χ0n) is 11.7. The van der Waals surface area contributed by atoms with Crippen molar-refractivity contribution in [1.29, 1.82) is 0 Å². The first-order chi connectivity index (χ1) is 10.7. The Morgan fingerprint density at radius 2 is 1.55 bits per heavy atom. The zero-order chi connectivity index (χ0) is 15.4. The molecule has 0 fully saturated rings. The van der Waals surface area contributed by atoms with E-state index in [0.717, 1.165) is 22.4 Å². The highest BCUT2D eigenvalue weighted by Gasteiger charge is 2.11. The number of hydrogen-bond acceptors (Lipinski definition) is 4. The molecule has 3 aromatic heterocycles. The molecule has 5 nitrogen and oxygen atoms in total. The molecule has 1 N–H and O–H groups in total. The zero-order valence-corrected chi connectivity index (χ0v) is 11.7. The highest BCUT2D eigenvalue weighted by atomic mass is 16.4. The standard InChI is InChI=1S/C17H13N3O2/c21-16(22)10-12-9-15(13-1-5-18-6-2-13)17(20-11-12)14-3-7-19-8-4-14/h1-9,11H,10H2,(H,21,22). The molecule has 0 spiro atoms. The first kappa shape index (κ1) is 13.9. The highest BCUT2D eigenvalue weighted by Crippen LogP contribution is 2.30. The second-order valence-electron chi connectivity index (χ2n) is 4.78. The fourth-order valence-electron chi connectivity index (χ4n) is 2.27. The molecule has 0 radical (unpaired) electrons. The van der Waals surface area contributed by atoms with Crippen molar-refractivity contribution in [3.05, 3.63) is 66.9 Å². The van der Waals surface area contributed by atoms with Gasteiger partial charge in [0.25, 0.3) is 0 Å². The monoisotopic (exact) mass is 291 g/mol. The van der Waals surface area contributed by atoms with Crippen LogP contribution in [0, 0.1) is 0 Å². The summed E-state index contributed by atoms with van der Waals surface area (Å²) in [6.45, 7) is 0. The summed E-state index contributed by atoms with van der Waals surface area (Å²) < 4.78 is 0. The Morgan fingerprint density at radius 3 is 2.14 bits per heavy atom. The molecule has 0 aliphatic heterocycles. The Morgan fingerprint density at radius 1 is 0.955 bits per heavy atom. The van der Waals surface area contributed by atoms with Gasteiger partial charge in [0.15, 0.2) is 0 Å². The van der Waals surface area contributed by atoms with Crippen molar-refractivity contribution in [2.24, 2.45) is 0 Å². The number of carboxylic acids is 1. The van der Waals surface area contributed by atoms with Crippen molar-refractivity contribution in [3.8, 4) is 22.4 Å². The van der Waals surface area contributed by atoms with Crippen molar-refractivity contribution >= 4 is 5.97 Å². The summed E-state index contributed by atoms with van der Waals surface area (Å²) in [6.07, 6.45) is 8.37. The molecule has 22 heavy (non-hydrogen) atoms. The van der Waals surface area contributed by atoms with Crippen LogP contribution in [0.5, 0.6) is 0 Å². The lowest BCUT2D eigenvalue weighted by Crippen LogP contribution is -2.02. The Bertz CT molecular complexity index is 790. The number of rotatable bonds is 4. The van der Waals surface area contributed by atoms with Crippen LogP contribution in [-0.2, 0) is 11.2 Å². The van der Waals surface area contributed by atoms with Gasteiger partial charge in [0.1, 0.15) is 0 Å². The van der Waals surface area contributed by atoms with Crippen LogP contribution in [0.2, 0.25) is 0 Å². The number of pyridine rings is 3. The van der Waals surface area contributed by atoms with E-state index in [1.54, 1.807) is 31.0 Å². The van der Waals surface area contributed by atoms with Crippen molar-refractivity contribution in [2.75, 3.05) is 0 Å². The summed E-state index contributed by atoms with van der Waals surface area (Å²) >= 11 is 0. The van der Waals surface area contributed by atoms with E-state index in [0.29, 0.717) is 5.56 Å². The molecular weight excluding hydrogens is 278 g/mol. The van der Waals surface area contributed by atoms with Crippen molar-refractivity contribution in [3.63, 3.8) is 0 Å². The quantitative estimate of drug-likeness (QED) is 0.800. The smallest absolute Gasteiger partial charge is 0.307 e. The summed E-state index contributed by atoms with van der Waals surface area (Å²) in [5.41, 5.74) is 4.22. The van der Waals surface area contributed by atoms with Gasteiger partial charge < -0.3 is 5.11 Å². The summed E-state index contributed by atoms with van der Waals surface area (Å²) in [5, 5.41) is 8.97. The molecule has 0 saturated heterocycles. The maximum Gasteiger partial charge on any atom is 0.307 e. The molecule has 3 heterocycles. The Kier molecular flexibility index (Phi) is 3.87. The number of nitrogens with zero attached hydrogens (tertiary/aromatic N) is 3. The Hall–Kier alpha value is -3.08. The van der Waals surface area contributed by atoms with Gasteiger partial charge in [0.2, 0.25) is 0 Å². The third kappa shape index (κ3) is 2.98. The van der Waals surface area contributed by atoms with Crippen LogP contribution in [0.15, 0.2) is 61.3 Å². The van der Waals surface area contributed by atoms with E-state index >= 15 is 0 Å². The Balaban J connectivity index is 2.15. The molecule has 3 rings (SSSR count). The molecule has 0 aliphatic carbocycles. The van der Waals surface area contributed by atoms with Crippen LogP contribution in [0.1, 0.15) is 5.56 Å². The molecule has 5 heteroatoms. The molecule has 0 saturated carbocycles. The van der Waals surface area contributed by atoms with Gasteiger partial charge in [-0.2, -0.15) is 0 Å². The van der Waals surface area contributed by atoms with Gasteiger partial charge in [-0.1, -0.05) is 0 Å². The van der Waals surface area contributed by atoms with E-state index in [4.69, 9.17) is 5.11 Å².